The number of carbonyl (C=O) groups is 1. The maximum atomic E-state index is 11.5. The van der Waals surface area contributed by atoms with E-state index in [1.54, 1.807) is 41.0 Å². The quantitative estimate of drug-likeness (QED) is 0.790. The second-order valence-electron chi connectivity index (χ2n) is 5.13. The summed E-state index contributed by atoms with van der Waals surface area (Å²) in [4.78, 5) is 15.5. The SMILES string of the molecule is CC(=O)Nc1nc2ccc(-c3ccc(S(C)(=O)=O)cc3)cn2n1. The summed E-state index contributed by atoms with van der Waals surface area (Å²) in [6.45, 7) is 1.39. The van der Waals surface area contributed by atoms with Gasteiger partial charge in [0.25, 0.3) is 0 Å². The van der Waals surface area contributed by atoms with Crippen LogP contribution < -0.4 is 5.32 Å². The summed E-state index contributed by atoms with van der Waals surface area (Å²) < 4.78 is 24.5. The van der Waals surface area contributed by atoms with Gasteiger partial charge in [0.1, 0.15) is 0 Å². The molecular weight excluding hydrogens is 316 g/mol. The summed E-state index contributed by atoms with van der Waals surface area (Å²) in [7, 11) is -3.21. The molecule has 1 N–H and O–H groups in total. The summed E-state index contributed by atoms with van der Waals surface area (Å²) >= 11 is 0. The second kappa shape index (κ2) is 5.47. The summed E-state index contributed by atoms with van der Waals surface area (Å²) in [6.07, 6.45) is 2.94. The lowest BCUT2D eigenvalue weighted by Crippen LogP contribution is -2.07. The molecule has 3 rings (SSSR count). The maximum Gasteiger partial charge on any atom is 0.249 e. The fourth-order valence-electron chi connectivity index (χ4n) is 2.16. The molecule has 1 amide bonds. The number of carbonyl (C=O) groups excluding carboxylic acids is 1. The van der Waals surface area contributed by atoms with Crippen LogP contribution >= 0.6 is 0 Å². The van der Waals surface area contributed by atoms with Gasteiger partial charge in [0.05, 0.1) is 4.90 Å². The zero-order chi connectivity index (χ0) is 16.6. The lowest BCUT2D eigenvalue weighted by atomic mass is 10.1. The first-order chi connectivity index (χ1) is 10.8. The molecule has 0 aliphatic heterocycles. The van der Waals surface area contributed by atoms with Gasteiger partial charge >= 0.3 is 0 Å². The molecule has 0 aliphatic carbocycles. The largest absolute Gasteiger partial charge is 0.293 e. The average molecular weight is 330 g/mol. The highest BCUT2D eigenvalue weighted by atomic mass is 32.2. The van der Waals surface area contributed by atoms with Crippen molar-refractivity contribution < 1.29 is 13.2 Å². The van der Waals surface area contributed by atoms with Crippen molar-refractivity contribution >= 4 is 27.3 Å². The zero-order valence-electron chi connectivity index (χ0n) is 12.5. The molecule has 2 aromatic heterocycles. The van der Waals surface area contributed by atoms with Crippen molar-refractivity contribution in [2.24, 2.45) is 0 Å². The summed E-state index contributed by atoms with van der Waals surface area (Å²) in [5, 5.41) is 6.70. The van der Waals surface area contributed by atoms with Gasteiger partial charge < -0.3 is 0 Å². The van der Waals surface area contributed by atoms with E-state index in [4.69, 9.17) is 0 Å². The fourth-order valence-corrected chi connectivity index (χ4v) is 2.79. The monoisotopic (exact) mass is 330 g/mol. The number of fused-ring (bicyclic) bond motifs is 1. The average Bonchev–Trinajstić information content (AvgIpc) is 2.86. The Labute approximate surface area is 132 Å². The van der Waals surface area contributed by atoms with Crippen LogP contribution in [0.15, 0.2) is 47.5 Å². The molecule has 2 heterocycles. The Morgan fingerprint density at radius 2 is 1.74 bits per heavy atom. The van der Waals surface area contributed by atoms with Crippen LogP contribution in [0.1, 0.15) is 6.92 Å². The van der Waals surface area contributed by atoms with Gasteiger partial charge in [0.2, 0.25) is 11.9 Å². The Bertz CT molecular complexity index is 991. The van der Waals surface area contributed by atoms with Gasteiger partial charge in [-0.15, -0.1) is 5.10 Å². The van der Waals surface area contributed by atoms with Crippen molar-refractivity contribution in [1.82, 2.24) is 14.6 Å². The Hall–Kier alpha value is -2.74. The molecule has 0 fully saturated rings. The molecule has 3 aromatic rings. The minimum Gasteiger partial charge on any atom is -0.293 e. The molecule has 0 saturated heterocycles. The van der Waals surface area contributed by atoms with Crippen molar-refractivity contribution in [2.75, 3.05) is 11.6 Å². The Morgan fingerprint density at radius 3 is 2.35 bits per heavy atom. The van der Waals surface area contributed by atoms with Crippen LogP contribution in [0.4, 0.5) is 5.95 Å². The van der Waals surface area contributed by atoms with Crippen LogP contribution in [0.25, 0.3) is 16.8 Å². The Morgan fingerprint density at radius 1 is 1.09 bits per heavy atom. The standard InChI is InChI=1S/C15H14N4O3S/c1-10(20)16-15-17-14-8-5-12(9-19(14)18-15)11-3-6-13(7-4-11)23(2,21)22/h3-9H,1-2H3,(H,16,18,20). The number of sulfone groups is 1. The molecule has 0 atom stereocenters. The molecule has 0 spiro atoms. The van der Waals surface area contributed by atoms with Gasteiger partial charge in [-0.1, -0.05) is 12.1 Å². The van der Waals surface area contributed by atoms with E-state index < -0.39 is 9.84 Å². The number of rotatable bonds is 3. The van der Waals surface area contributed by atoms with Gasteiger partial charge in [-0.25, -0.2) is 12.9 Å². The number of pyridine rings is 1. The minimum absolute atomic E-state index is 0.238. The highest BCUT2D eigenvalue weighted by molar-refractivity contribution is 7.90. The molecule has 8 heteroatoms. The number of benzene rings is 1. The van der Waals surface area contributed by atoms with Crippen molar-refractivity contribution in [3.63, 3.8) is 0 Å². The number of hydrogen-bond donors (Lipinski definition) is 1. The van der Waals surface area contributed by atoms with E-state index in [9.17, 15) is 13.2 Å². The molecule has 7 nitrogen and oxygen atoms in total. The first-order valence-corrected chi connectivity index (χ1v) is 8.66. The van der Waals surface area contributed by atoms with Crippen molar-refractivity contribution in [1.29, 1.82) is 0 Å². The number of anilines is 1. The predicted molar refractivity (Wildman–Crippen MR) is 85.8 cm³/mol. The second-order valence-corrected chi connectivity index (χ2v) is 7.15. The third-order valence-corrected chi connectivity index (χ3v) is 4.36. The third-order valence-electron chi connectivity index (χ3n) is 3.23. The molecule has 0 radical (unpaired) electrons. The van der Waals surface area contributed by atoms with Gasteiger partial charge in [0, 0.05) is 24.9 Å². The molecule has 118 valence electrons. The van der Waals surface area contributed by atoms with E-state index in [-0.39, 0.29) is 16.8 Å². The Kier molecular flexibility index (Phi) is 3.61. The van der Waals surface area contributed by atoms with E-state index in [1.165, 1.54) is 13.2 Å². The predicted octanol–water partition coefficient (Wildman–Crippen LogP) is 1.76. The summed E-state index contributed by atoms with van der Waals surface area (Å²) in [5.74, 6) is -0.000400. The first-order valence-electron chi connectivity index (χ1n) is 6.77. The molecule has 23 heavy (non-hydrogen) atoms. The van der Waals surface area contributed by atoms with Crippen molar-refractivity contribution in [3.05, 3.63) is 42.6 Å². The van der Waals surface area contributed by atoms with E-state index in [1.807, 2.05) is 6.07 Å². The molecular formula is C15H14N4O3S. The van der Waals surface area contributed by atoms with Gasteiger partial charge in [-0.05, 0) is 29.8 Å². The number of aromatic nitrogens is 3. The van der Waals surface area contributed by atoms with Crippen LogP contribution in [0.5, 0.6) is 0 Å². The van der Waals surface area contributed by atoms with Crippen LogP contribution in [0, 0.1) is 0 Å². The van der Waals surface area contributed by atoms with Crippen LogP contribution in [0.2, 0.25) is 0 Å². The summed E-state index contributed by atoms with van der Waals surface area (Å²) in [5.41, 5.74) is 2.32. The zero-order valence-corrected chi connectivity index (χ0v) is 13.3. The number of nitrogens with zero attached hydrogens (tertiary/aromatic N) is 3. The molecule has 1 aromatic carbocycles. The highest BCUT2D eigenvalue weighted by Crippen LogP contribution is 2.22. The molecule has 0 bridgehead atoms. The minimum atomic E-state index is -3.21. The van der Waals surface area contributed by atoms with Crippen molar-refractivity contribution in [3.8, 4) is 11.1 Å². The summed E-state index contributed by atoms with van der Waals surface area (Å²) in [6, 6.07) is 10.2. The third kappa shape index (κ3) is 3.21. The smallest absolute Gasteiger partial charge is 0.249 e. The fraction of sp³-hybridized carbons (Fsp3) is 0.133. The van der Waals surface area contributed by atoms with Gasteiger partial charge in [-0.3, -0.25) is 10.1 Å². The highest BCUT2D eigenvalue weighted by Gasteiger charge is 2.09. The van der Waals surface area contributed by atoms with Crippen LogP contribution in [-0.4, -0.2) is 35.2 Å². The number of nitrogens with one attached hydrogen (secondary N) is 1. The van der Waals surface area contributed by atoms with Gasteiger partial charge in [-0.2, -0.15) is 4.98 Å². The van der Waals surface area contributed by atoms with Gasteiger partial charge in [0.15, 0.2) is 15.5 Å². The lowest BCUT2D eigenvalue weighted by molar-refractivity contribution is -0.114. The van der Waals surface area contributed by atoms with Crippen LogP contribution in [0.3, 0.4) is 0 Å². The topological polar surface area (TPSA) is 93.4 Å². The normalized spacial score (nSPS) is 11.6. The van der Waals surface area contributed by atoms with E-state index in [2.05, 4.69) is 15.4 Å². The van der Waals surface area contributed by atoms with E-state index in [0.717, 1.165) is 11.1 Å². The van der Waals surface area contributed by atoms with Crippen LogP contribution in [-0.2, 0) is 14.6 Å². The molecule has 0 saturated carbocycles. The lowest BCUT2D eigenvalue weighted by Gasteiger charge is -2.03. The number of hydrogen-bond acceptors (Lipinski definition) is 5. The Balaban J connectivity index is 1.98. The van der Waals surface area contributed by atoms with Crippen molar-refractivity contribution in [2.45, 2.75) is 11.8 Å². The maximum absolute atomic E-state index is 11.5. The molecule has 0 unspecified atom stereocenters. The number of amides is 1. The first kappa shape index (κ1) is 15.2. The van der Waals surface area contributed by atoms with E-state index >= 15 is 0 Å². The van der Waals surface area contributed by atoms with E-state index in [0.29, 0.717) is 5.65 Å². The molecule has 0 aliphatic rings.